The van der Waals surface area contributed by atoms with Crippen molar-refractivity contribution in [2.24, 2.45) is 0 Å². The van der Waals surface area contributed by atoms with Gasteiger partial charge in [-0.25, -0.2) is 4.79 Å². The molecule has 0 saturated carbocycles. The lowest BCUT2D eigenvalue weighted by Crippen LogP contribution is -2.12. The van der Waals surface area contributed by atoms with E-state index in [4.69, 9.17) is 13.9 Å². The zero-order valence-electron chi connectivity index (χ0n) is 16.4. The van der Waals surface area contributed by atoms with E-state index in [9.17, 15) is 9.59 Å². The van der Waals surface area contributed by atoms with Crippen LogP contribution in [-0.4, -0.2) is 19.5 Å². The summed E-state index contributed by atoms with van der Waals surface area (Å²) in [5.74, 6) is 0.987. The maximum absolute atomic E-state index is 12.5. The van der Waals surface area contributed by atoms with Gasteiger partial charge in [0.2, 0.25) is 0 Å². The van der Waals surface area contributed by atoms with E-state index < -0.39 is 5.63 Å². The van der Waals surface area contributed by atoms with Crippen molar-refractivity contribution in [1.82, 2.24) is 0 Å². The molecule has 1 aromatic heterocycles. The normalized spacial score (nSPS) is 11.0. The Bertz CT molecular complexity index is 1280. The van der Waals surface area contributed by atoms with Gasteiger partial charge in [-0.15, -0.1) is 0 Å². The molecule has 0 saturated heterocycles. The second-order valence-corrected chi connectivity index (χ2v) is 6.94. The Labute approximate surface area is 167 Å². The van der Waals surface area contributed by atoms with Gasteiger partial charge in [0.25, 0.3) is 0 Å². The highest BCUT2D eigenvalue weighted by Gasteiger charge is 2.14. The van der Waals surface area contributed by atoms with Gasteiger partial charge in [-0.1, -0.05) is 29.8 Å². The summed E-state index contributed by atoms with van der Waals surface area (Å²) in [5, 5.41) is 2.04. The Morgan fingerprint density at radius 1 is 0.931 bits per heavy atom. The molecular formula is C24H20O5. The van der Waals surface area contributed by atoms with Crippen molar-refractivity contribution in [3.8, 4) is 11.5 Å². The first-order valence-corrected chi connectivity index (χ1v) is 9.25. The molecule has 0 aliphatic carbocycles. The monoisotopic (exact) mass is 388 g/mol. The molecule has 4 rings (SSSR count). The molecule has 3 aromatic carbocycles. The first-order chi connectivity index (χ1) is 14.0. The molecule has 1 heterocycles. The molecule has 0 fully saturated rings. The van der Waals surface area contributed by atoms with E-state index in [1.807, 2.05) is 38.1 Å². The van der Waals surface area contributed by atoms with Crippen LogP contribution in [0.5, 0.6) is 11.5 Å². The second-order valence-electron chi connectivity index (χ2n) is 6.94. The summed E-state index contributed by atoms with van der Waals surface area (Å²) in [7, 11) is 1.55. The molecule has 0 amide bonds. The van der Waals surface area contributed by atoms with Crippen molar-refractivity contribution in [3.05, 3.63) is 81.7 Å². The van der Waals surface area contributed by atoms with Gasteiger partial charge < -0.3 is 13.9 Å². The number of ether oxygens (including phenoxy) is 2. The summed E-state index contributed by atoms with van der Waals surface area (Å²) in [5.41, 5.74) is 2.37. The Kier molecular flexibility index (Phi) is 4.80. The Morgan fingerprint density at radius 3 is 2.38 bits per heavy atom. The molecular weight excluding hydrogens is 368 g/mol. The number of rotatable bonds is 5. The Morgan fingerprint density at radius 2 is 1.66 bits per heavy atom. The zero-order valence-corrected chi connectivity index (χ0v) is 16.4. The summed E-state index contributed by atoms with van der Waals surface area (Å²) in [6.45, 7) is 3.69. The highest BCUT2D eigenvalue weighted by Crippen LogP contribution is 2.32. The number of aryl methyl sites for hydroxylation is 2. The minimum absolute atomic E-state index is 0.0928. The molecule has 146 valence electrons. The fourth-order valence-electron chi connectivity index (χ4n) is 3.34. The Hall–Kier alpha value is -3.60. The number of carbonyl (C=O) groups excluding carboxylic acids is 1. The highest BCUT2D eigenvalue weighted by atomic mass is 16.5. The molecule has 5 heteroatoms. The fraction of sp³-hybridized carbons (Fsp3) is 0.167. The molecule has 0 spiro atoms. The van der Waals surface area contributed by atoms with Crippen LogP contribution in [0.25, 0.3) is 21.7 Å². The minimum Gasteiger partial charge on any atom is -0.497 e. The molecule has 0 aliphatic rings. The summed E-state index contributed by atoms with van der Waals surface area (Å²) in [4.78, 5) is 24.9. The molecule has 0 bridgehead atoms. The van der Waals surface area contributed by atoms with Crippen LogP contribution in [0.4, 0.5) is 0 Å². The van der Waals surface area contributed by atoms with Gasteiger partial charge in [-0.2, -0.15) is 0 Å². The van der Waals surface area contributed by atoms with Gasteiger partial charge in [0.1, 0.15) is 17.1 Å². The smallest absolute Gasteiger partial charge is 0.344 e. The van der Waals surface area contributed by atoms with Gasteiger partial charge in [-0.3, -0.25) is 4.79 Å². The van der Waals surface area contributed by atoms with Crippen molar-refractivity contribution in [2.45, 2.75) is 13.8 Å². The third kappa shape index (κ3) is 3.47. The average Bonchev–Trinajstić information content (AvgIpc) is 2.74. The van der Waals surface area contributed by atoms with Gasteiger partial charge in [0.15, 0.2) is 12.4 Å². The van der Waals surface area contributed by atoms with E-state index in [0.717, 1.165) is 16.3 Å². The van der Waals surface area contributed by atoms with Crippen LogP contribution in [0, 0.1) is 13.8 Å². The van der Waals surface area contributed by atoms with E-state index in [0.29, 0.717) is 33.6 Å². The number of ketones is 1. The Balaban J connectivity index is 1.69. The van der Waals surface area contributed by atoms with Crippen LogP contribution in [0.2, 0.25) is 0 Å². The quantitative estimate of drug-likeness (QED) is 0.278. The summed E-state index contributed by atoms with van der Waals surface area (Å²) in [6.07, 6.45) is 0. The first kappa shape index (κ1) is 18.7. The van der Waals surface area contributed by atoms with Crippen molar-refractivity contribution in [2.75, 3.05) is 13.7 Å². The van der Waals surface area contributed by atoms with E-state index in [2.05, 4.69) is 0 Å². The molecule has 0 unspecified atom stereocenters. The van der Waals surface area contributed by atoms with Gasteiger partial charge >= 0.3 is 5.63 Å². The first-order valence-electron chi connectivity index (χ1n) is 9.25. The molecule has 5 nitrogen and oxygen atoms in total. The van der Waals surface area contributed by atoms with E-state index in [1.165, 1.54) is 0 Å². The van der Waals surface area contributed by atoms with Crippen LogP contribution in [0.1, 0.15) is 21.5 Å². The van der Waals surface area contributed by atoms with Crippen LogP contribution in [0.3, 0.4) is 0 Å². The number of hydrogen-bond donors (Lipinski definition) is 0. The maximum atomic E-state index is 12.5. The summed E-state index contributed by atoms with van der Waals surface area (Å²) >= 11 is 0. The number of Topliss-reactive ketones (excluding diaryl/α,β-unsaturated/α-hetero) is 1. The van der Waals surface area contributed by atoms with Crippen LogP contribution in [0.15, 0.2) is 63.8 Å². The zero-order chi connectivity index (χ0) is 20.5. The third-order valence-electron chi connectivity index (χ3n) is 5.02. The number of hydrogen-bond acceptors (Lipinski definition) is 5. The predicted octanol–water partition coefficient (Wildman–Crippen LogP) is 4.83. The van der Waals surface area contributed by atoms with Crippen LogP contribution in [-0.2, 0) is 0 Å². The summed E-state index contributed by atoms with van der Waals surface area (Å²) in [6, 6.07) is 16.3. The lowest BCUT2D eigenvalue weighted by molar-refractivity contribution is 0.0921. The van der Waals surface area contributed by atoms with Crippen molar-refractivity contribution in [3.63, 3.8) is 0 Å². The molecule has 0 N–H and O–H groups in total. The topological polar surface area (TPSA) is 65.7 Å². The van der Waals surface area contributed by atoms with Gasteiger partial charge in [0, 0.05) is 21.9 Å². The number of methoxy groups -OCH3 is 1. The van der Waals surface area contributed by atoms with E-state index >= 15 is 0 Å². The summed E-state index contributed by atoms with van der Waals surface area (Å²) < 4.78 is 16.5. The highest BCUT2D eigenvalue weighted by molar-refractivity contribution is 6.06. The average molecular weight is 388 g/mol. The number of fused-ring (bicyclic) bond motifs is 3. The van der Waals surface area contributed by atoms with Crippen LogP contribution < -0.4 is 15.1 Å². The lowest BCUT2D eigenvalue weighted by atomic mass is 10.0. The second kappa shape index (κ2) is 7.43. The molecule has 0 atom stereocenters. The maximum Gasteiger partial charge on any atom is 0.344 e. The number of benzene rings is 3. The largest absolute Gasteiger partial charge is 0.497 e. The minimum atomic E-state index is -0.442. The van der Waals surface area contributed by atoms with Crippen molar-refractivity contribution in [1.29, 1.82) is 0 Å². The molecule has 29 heavy (non-hydrogen) atoms. The van der Waals surface area contributed by atoms with Gasteiger partial charge in [0.05, 0.1) is 12.5 Å². The third-order valence-corrected chi connectivity index (χ3v) is 5.02. The van der Waals surface area contributed by atoms with E-state index in [-0.39, 0.29) is 12.4 Å². The lowest BCUT2D eigenvalue weighted by Gasteiger charge is -2.12. The van der Waals surface area contributed by atoms with Crippen molar-refractivity contribution < 1.29 is 18.7 Å². The molecule has 0 aliphatic heterocycles. The molecule has 4 aromatic rings. The van der Waals surface area contributed by atoms with Gasteiger partial charge in [-0.05, 0) is 44.2 Å². The number of carbonyl (C=O) groups is 1. The molecule has 0 radical (unpaired) electrons. The SMILES string of the molecule is COc1ccc2c(c1)c(=O)oc1c(C)c(OCC(=O)c3ccc(C)cc3)ccc12. The predicted molar refractivity (Wildman–Crippen MR) is 112 cm³/mol. The fourth-order valence-corrected chi connectivity index (χ4v) is 3.34. The van der Waals surface area contributed by atoms with E-state index in [1.54, 1.807) is 37.4 Å². The van der Waals surface area contributed by atoms with Crippen molar-refractivity contribution >= 4 is 27.5 Å². The van der Waals surface area contributed by atoms with Crippen LogP contribution >= 0.6 is 0 Å². The standard InChI is InChI=1S/C24H20O5/c1-14-4-6-16(7-5-14)21(25)13-28-22-11-10-19-18-9-8-17(27-3)12-20(18)24(26)29-23(19)15(22)2/h4-12H,13H2,1-3H3.